The first-order chi connectivity index (χ1) is 11.7. The molecule has 3 aromatic rings. The number of thiazole rings is 1. The lowest BCUT2D eigenvalue weighted by Crippen LogP contribution is -2.16. The fourth-order valence-corrected chi connectivity index (χ4v) is 4.55. The monoisotopic (exact) mass is 358 g/mol. The van der Waals surface area contributed by atoms with Crippen LogP contribution in [-0.2, 0) is 16.1 Å². The van der Waals surface area contributed by atoms with Crippen LogP contribution in [0, 0.1) is 18.3 Å². The Labute approximate surface area is 152 Å². The van der Waals surface area contributed by atoms with E-state index in [1.54, 1.807) is 11.3 Å². The predicted molar refractivity (Wildman–Crippen MR) is 103 cm³/mol. The number of carbonyl (C=O) groups is 1. The number of imidazole rings is 1. The molecule has 134 valence electrons. The van der Waals surface area contributed by atoms with Crippen molar-refractivity contribution in [2.45, 2.75) is 54.1 Å². The minimum atomic E-state index is -0.134. The molecule has 2 heterocycles. The Balaban J connectivity index is 1.73. The van der Waals surface area contributed by atoms with Crippen LogP contribution in [0.5, 0.6) is 0 Å². The minimum Gasteiger partial charge on any atom is -0.459 e. The summed E-state index contributed by atoms with van der Waals surface area (Å²) in [5.41, 5.74) is 3.23. The van der Waals surface area contributed by atoms with E-state index in [9.17, 15) is 4.79 Å². The first-order valence-corrected chi connectivity index (χ1v) is 9.57. The summed E-state index contributed by atoms with van der Waals surface area (Å²) in [5, 5.41) is 0. The third-order valence-corrected chi connectivity index (χ3v) is 5.32. The Morgan fingerprint density at radius 1 is 1.32 bits per heavy atom. The van der Waals surface area contributed by atoms with Crippen LogP contribution in [0.15, 0.2) is 24.3 Å². The van der Waals surface area contributed by atoms with Crippen molar-refractivity contribution in [3.8, 4) is 0 Å². The van der Waals surface area contributed by atoms with Gasteiger partial charge in [-0.2, -0.15) is 0 Å². The normalized spacial score (nSPS) is 13.5. The number of ether oxygens (including phenoxy) is 1. The van der Waals surface area contributed by atoms with Gasteiger partial charge in [0.2, 0.25) is 0 Å². The molecular formula is C20H26N2O2S. The van der Waals surface area contributed by atoms with E-state index in [1.165, 1.54) is 4.70 Å². The highest BCUT2D eigenvalue weighted by atomic mass is 32.1. The third-order valence-electron chi connectivity index (χ3n) is 4.30. The van der Waals surface area contributed by atoms with Crippen LogP contribution in [0.3, 0.4) is 0 Å². The average molecular weight is 359 g/mol. The highest BCUT2D eigenvalue weighted by Crippen LogP contribution is 2.29. The lowest BCUT2D eigenvalue weighted by Gasteiger charge is -2.22. The van der Waals surface area contributed by atoms with E-state index in [4.69, 9.17) is 4.74 Å². The number of fused-ring (bicyclic) bond motifs is 3. The highest BCUT2D eigenvalue weighted by molar-refractivity contribution is 7.23. The van der Waals surface area contributed by atoms with Gasteiger partial charge >= 0.3 is 5.97 Å². The maximum absolute atomic E-state index is 12.2. The number of para-hydroxylation sites is 1. The van der Waals surface area contributed by atoms with Gasteiger partial charge in [-0.15, -0.1) is 0 Å². The highest BCUT2D eigenvalue weighted by Gasteiger charge is 2.20. The van der Waals surface area contributed by atoms with Crippen molar-refractivity contribution in [1.82, 2.24) is 9.38 Å². The van der Waals surface area contributed by atoms with E-state index in [2.05, 4.69) is 49.2 Å². The zero-order valence-electron chi connectivity index (χ0n) is 15.6. The number of hydrogen-bond acceptors (Lipinski definition) is 4. The predicted octanol–water partition coefficient (Wildman–Crippen LogP) is 5.36. The van der Waals surface area contributed by atoms with Crippen molar-refractivity contribution < 1.29 is 9.53 Å². The Morgan fingerprint density at radius 2 is 2.04 bits per heavy atom. The molecule has 0 aliphatic carbocycles. The van der Waals surface area contributed by atoms with Gasteiger partial charge in [-0.25, -0.2) is 4.98 Å². The molecule has 0 saturated heterocycles. The Hall–Kier alpha value is -1.88. The number of nitrogens with zero attached hydrogens (tertiary/aromatic N) is 2. The van der Waals surface area contributed by atoms with Gasteiger partial charge < -0.3 is 4.74 Å². The van der Waals surface area contributed by atoms with Crippen LogP contribution in [0.2, 0.25) is 0 Å². The molecule has 25 heavy (non-hydrogen) atoms. The van der Waals surface area contributed by atoms with E-state index in [1.807, 2.05) is 19.1 Å². The van der Waals surface area contributed by atoms with Gasteiger partial charge in [0.05, 0.1) is 21.6 Å². The van der Waals surface area contributed by atoms with Gasteiger partial charge in [-0.3, -0.25) is 9.20 Å². The molecule has 0 fully saturated rings. The first kappa shape index (κ1) is 17.9. The topological polar surface area (TPSA) is 43.6 Å². The lowest BCUT2D eigenvalue weighted by atomic mass is 9.84. The second kappa shape index (κ2) is 6.79. The Bertz CT molecular complexity index is 902. The SMILES string of the molecule is Cc1nc2sc3ccccc3n2c1COC(=O)CC(C)CC(C)(C)C. The molecule has 0 aliphatic rings. The molecule has 0 saturated carbocycles. The van der Waals surface area contributed by atoms with Crippen LogP contribution in [0.4, 0.5) is 0 Å². The molecule has 1 unspecified atom stereocenters. The number of carbonyl (C=O) groups excluding carboxylic acids is 1. The van der Waals surface area contributed by atoms with Crippen molar-refractivity contribution in [3.05, 3.63) is 35.7 Å². The van der Waals surface area contributed by atoms with E-state index < -0.39 is 0 Å². The summed E-state index contributed by atoms with van der Waals surface area (Å²) < 4.78 is 8.89. The van der Waals surface area contributed by atoms with Gasteiger partial charge in [-0.1, -0.05) is 51.2 Å². The van der Waals surface area contributed by atoms with Crippen molar-refractivity contribution >= 4 is 32.5 Å². The van der Waals surface area contributed by atoms with E-state index >= 15 is 0 Å². The summed E-state index contributed by atoms with van der Waals surface area (Å²) >= 11 is 1.66. The molecule has 5 heteroatoms. The number of benzene rings is 1. The standard InChI is InChI=1S/C20H26N2O2S/c1-13(11-20(3,4)5)10-18(23)24-12-16-14(2)21-19-22(16)15-8-6-7-9-17(15)25-19/h6-9,13H,10-12H2,1-5H3. The molecule has 1 atom stereocenters. The molecule has 0 radical (unpaired) electrons. The summed E-state index contributed by atoms with van der Waals surface area (Å²) in [5.74, 6) is 0.187. The molecule has 0 aliphatic heterocycles. The number of esters is 1. The van der Waals surface area contributed by atoms with Crippen LogP contribution >= 0.6 is 11.3 Å². The molecule has 0 amide bonds. The molecule has 4 nitrogen and oxygen atoms in total. The van der Waals surface area contributed by atoms with E-state index in [-0.39, 0.29) is 18.0 Å². The van der Waals surface area contributed by atoms with Gasteiger partial charge in [0.15, 0.2) is 4.96 Å². The molecule has 0 N–H and O–H groups in total. The van der Waals surface area contributed by atoms with Crippen molar-refractivity contribution in [1.29, 1.82) is 0 Å². The van der Waals surface area contributed by atoms with Gasteiger partial charge in [0.1, 0.15) is 6.61 Å². The molecule has 1 aromatic carbocycles. The summed E-state index contributed by atoms with van der Waals surface area (Å²) in [6, 6.07) is 8.22. The van der Waals surface area contributed by atoms with Crippen molar-refractivity contribution in [2.75, 3.05) is 0 Å². The maximum atomic E-state index is 12.2. The van der Waals surface area contributed by atoms with Gasteiger partial charge in [-0.05, 0) is 36.8 Å². The summed E-state index contributed by atoms with van der Waals surface area (Å²) in [6.07, 6.45) is 1.47. The maximum Gasteiger partial charge on any atom is 0.306 e. The molecular weight excluding hydrogens is 332 g/mol. The van der Waals surface area contributed by atoms with Crippen molar-refractivity contribution in [2.24, 2.45) is 11.3 Å². The summed E-state index contributed by atoms with van der Waals surface area (Å²) in [7, 11) is 0. The molecule has 2 aromatic heterocycles. The molecule has 0 spiro atoms. The zero-order valence-corrected chi connectivity index (χ0v) is 16.4. The van der Waals surface area contributed by atoms with Crippen LogP contribution in [0.1, 0.15) is 51.9 Å². The van der Waals surface area contributed by atoms with Crippen LogP contribution in [-0.4, -0.2) is 15.4 Å². The number of rotatable bonds is 5. The van der Waals surface area contributed by atoms with Crippen LogP contribution in [0.25, 0.3) is 15.2 Å². The fourth-order valence-electron chi connectivity index (χ4n) is 3.46. The summed E-state index contributed by atoms with van der Waals surface area (Å²) in [4.78, 5) is 17.8. The average Bonchev–Trinajstić information content (AvgIpc) is 2.97. The molecule has 3 rings (SSSR count). The van der Waals surface area contributed by atoms with E-state index in [0.717, 1.165) is 28.3 Å². The summed E-state index contributed by atoms with van der Waals surface area (Å²) in [6.45, 7) is 10.9. The zero-order chi connectivity index (χ0) is 18.2. The molecule has 0 bridgehead atoms. The van der Waals surface area contributed by atoms with Crippen molar-refractivity contribution in [3.63, 3.8) is 0 Å². The smallest absolute Gasteiger partial charge is 0.306 e. The van der Waals surface area contributed by atoms with E-state index in [0.29, 0.717) is 12.3 Å². The van der Waals surface area contributed by atoms with Crippen LogP contribution < -0.4 is 0 Å². The first-order valence-electron chi connectivity index (χ1n) is 8.76. The second-order valence-corrected chi connectivity index (χ2v) is 9.08. The number of aromatic nitrogens is 2. The van der Waals surface area contributed by atoms with Gasteiger partial charge in [0.25, 0.3) is 0 Å². The quantitative estimate of drug-likeness (QED) is 0.576. The Kier molecular flexibility index (Phi) is 4.87. The fraction of sp³-hybridized carbons (Fsp3) is 0.500. The second-order valence-electron chi connectivity index (χ2n) is 8.07. The van der Waals surface area contributed by atoms with Gasteiger partial charge in [0, 0.05) is 6.42 Å². The Morgan fingerprint density at radius 3 is 2.76 bits per heavy atom. The lowest BCUT2D eigenvalue weighted by molar-refractivity contribution is -0.146. The number of hydrogen-bond donors (Lipinski definition) is 0. The third kappa shape index (κ3) is 4.03. The number of aryl methyl sites for hydroxylation is 1. The largest absolute Gasteiger partial charge is 0.459 e. The minimum absolute atomic E-state index is 0.134.